The van der Waals surface area contributed by atoms with Crippen molar-refractivity contribution >= 4 is 11.6 Å². The average Bonchev–Trinajstić information content (AvgIpc) is 2.41. The van der Waals surface area contributed by atoms with Gasteiger partial charge in [0.2, 0.25) is 0 Å². The lowest BCUT2D eigenvalue weighted by atomic mass is 9.97. The van der Waals surface area contributed by atoms with E-state index in [-0.39, 0.29) is 11.9 Å². The predicted octanol–water partition coefficient (Wildman–Crippen LogP) is 4.04. The number of rotatable bonds is 4. The molecule has 20 heavy (non-hydrogen) atoms. The Bertz CT molecular complexity index is 615. The van der Waals surface area contributed by atoms with Crippen LogP contribution >= 0.6 is 11.6 Å². The lowest BCUT2D eigenvalue weighted by Crippen LogP contribution is -2.15. The molecule has 0 aliphatic carbocycles. The summed E-state index contributed by atoms with van der Waals surface area (Å²) in [6, 6.07) is 10.1. The van der Waals surface area contributed by atoms with Crippen molar-refractivity contribution in [1.29, 1.82) is 0 Å². The number of methoxy groups -OCH3 is 1. The Morgan fingerprint density at radius 3 is 2.65 bits per heavy atom. The summed E-state index contributed by atoms with van der Waals surface area (Å²) in [5.74, 6) is 0.386. The molecule has 0 heterocycles. The average molecular weight is 294 g/mol. The van der Waals surface area contributed by atoms with Crippen LogP contribution in [0.15, 0.2) is 36.4 Å². The van der Waals surface area contributed by atoms with Crippen molar-refractivity contribution in [3.8, 4) is 5.75 Å². The molecular formula is C16H17ClFNO. The summed E-state index contributed by atoms with van der Waals surface area (Å²) in [6.45, 7) is 1.98. The van der Waals surface area contributed by atoms with E-state index in [0.717, 1.165) is 16.9 Å². The molecule has 106 valence electrons. The molecule has 1 atom stereocenters. The SMILES string of the molecule is COc1ccc(C)cc1C(N)Cc1ccc(Cl)cc1F. The van der Waals surface area contributed by atoms with Gasteiger partial charge in [-0.2, -0.15) is 0 Å². The Labute approximate surface area is 123 Å². The van der Waals surface area contributed by atoms with E-state index in [0.29, 0.717) is 17.0 Å². The Morgan fingerprint density at radius 1 is 1.25 bits per heavy atom. The highest BCUT2D eigenvalue weighted by Gasteiger charge is 2.15. The van der Waals surface area contributed by atoms with Crippen LogP contribution in [0.1, 0.15) is 22.7 Å². The van der Waals surface area contributed by atoms with Crippen LogP contribution in [0, 0.1) is 12.7 Å². The number of hydrogen-bond donors (Lipinski definition) is 1. The molecule has 0 aliphatic heterocycles. The van der Waals surface area contributed by atoms with Gasteiger partial charge in [0.15, 0.2) is 0 Å². The lowest BCUT2D eigenvalue weighted by Gasteiger charge is -2.17. The highest BCUT2D eigenvalue weighted by molar-refractivity contribution is 6.30. The minimum atomic E-state index is -0.334. The molecule has 0 bridgehead atoms. The fourth-order valence-corrected chi connectivity index (χ4v) is 2.34. The first-order valence-electron chi connectivity index (χ1n) is 6.35. The van der Waals surface area contributed by atoms with Gasteiger partial charge in [-0.15, -0.1) is 0 Å². The second-order valence-corrected chi connectivity index (χ2v) is 5.23. The van der Waals surface area contributed by atoms with E-state index in [9.17, 15) is 4.39 Å². The fraction of sp³-hybridized carbons (Fsp3) is 0.250. The first-order chi connectivity index (χ1) is 9.51. The van der Waals surface area contributed by atoms with E-state index in [1.165, 1.54) is 6.07 Å². The van der Waals surface area contributed by atoms with Crippen LogP contribution in [0.3, 0.4) is 0 Å². The van der Waals surface area contributed by atoms with E-state index < -0.39 is 0 Å². The zero-order valence-electron chi connectivity index (χ0n) is 11.5. The van der Waals surface area contributed by atoms with Gasteiger partial charge in [0.1, 0.15) is 11.6 Å². The summed E-state index contributed by atoms with van der Waals surface area (Å²) in [6.07, 6.45) is 0.392. The molecule has 2 aromatic carbocycles. The number of ether oxygens (including phenoxy) is 1. The van der Waals surface area contributed by atoms with Crippen molar-refractivity contribution in [1.82, 2.24) is 0 Å². The third kappa shape index (κ3) is 3.30. The minimum Gasteiger partial charge on any atom is -0.496 e. The molecular weight excluding hydrogens is 277 g/mol. The number of halogens is 2. The summed E-state index contributed by atoms with van der Waals surface area (Å²) in [4.78, 5) is 0. The molecule has 2 rings (SSSR count). The van der Waals surface area contributed by atoms with Gasteiger partial charge in [-0.25, -0.2) is 4.39 Å². The molecule has 0 saturated heterocycles. The van der Waals surface area contributed by atoms with Gasteiger partial charge in [-0.1, -0.05) is 35.4 Å². The summed E-state index contributed by atoms with van der Waals surface area (Å²) in [5.41, 5.74) is 8.71. The van der Waals surface area contributed by atoms with Gasteiger partial charge in [0, 0.05) is 16.6 Å². The van der Waals surface area contributed by atoms with E-state index >= 15 is 0 Å². The molecule has 2 N–H and O–H groups in total. The van der Waals surface area contributed by atoms with Gasteiger partial charge in [-0.05, 0) is 37.1 Å². The molecule has 4 heteroatoms. The molecule has 2 aromatic rings. The zero-order chi connectivity index (χ0) is 14.7. The summed E-state index contributed by atoms with van der Waals surface area (Å²) < 4.78 is 19.1. The van der Waals surface area contributed by atoms with Crippen molar-refractivity contribution in [2.24, 2.45) is 5.73 Å². The molecule has 1 unspecified atom stereocenters. The Balaban J connectivity index is 2.27. The monoisotopic (exact) mass is 293 g/mol. The topological polar surface area (TPSA) is 35.2 Å². The summed E-state index contributed by atoms with van der Waals surface area (Å²) in [5, 5.41) is 0.382. The van der Waals surface area contributed by atoms with E-state index in [1.54, 1.807) is 19.2 Å². The van der Waals surface area contributed by atoms with Gasteiger partial charge < -0.3 is 10.5 Å². The van der Waals surface area contributed by atoms with Crippen molar-refractivity contribution in [3.63, 3.8) is 0 Å². The molecule has 0 fully saturated rings. The molecule has 0 amide bonds. The van der Waals surface area contributed by atoms with Crippen LogP contribution in [0.25, 0.3) is 0 Å². The number of nitrogens with two attached hydrogens (primary N) is 1. The summed E-state index contributed by atoms with van der Waals surface area (Å²) >= 11 is 5.75. The molecule has 0 aliphatic rings. The Hall–Kier alpha value is -1.58. The summed E-state index contributed by atoms with van der Waals surface area (Å²) in [7, 11) is 1.60. The van der Waals surface area contributed by atoms with Crippen molar-refractivity contribution in [2.75, 3.05) is 7.11 Å². The maximum atomic E-state index is 13.8. The molecule has 0 aromatic heterocycles. The van der Waals surface area contributed by atoms with Crippen molar-refractivity contribution in [3.05, 3.63) is 63.9 Å². The second-order valence-electron chi connectivity index (χ2n) is 4.79. The van der Waals surface area contributed by atoms with E-state index in [1.807, 2.05) is 25.1 Å². The van der Waals surface area contributed by atoms with Crippen molar-refractivity contribution in [2.45, 2.75) is 19.4 Å². The normalized spacial score (nSPS) is 12.2. The van der Waals surface area contributed by atoms with Gasteiger partial charge in [-0.3, -0.25) is 0 Å². The molecule has 0 radical (unpaired) electrons. The predicted molar refractivity (Wildman–Crippen MR) is 79.8 cm³/mol. The van der Waals surface area contributed by atoms with E-state index in [4.69, 9.17) is 22.1 Å². The standard InChI is InChI=1S/C16H17ClFNO/c1-10-3-6-16(20-2)13(7-10)15(19)8-11-4-5-12(17)9-14(11)18/h3-7,9,15H,8,19H2,1-2H3. The van der Waals surface area contributed by atoms with Gasteiger partial charge >= 0.3 is 0 Å². The van der Waals surface area contributed by atoms with Crippen LogP contribution in [0.2, 0.25) is 5.02 Å². The zero-order valence-corrected chi connectivity index (χ0v) is 12.2. The quantitative estimate of drug-likeness (QED) is 0.923. The highest BCUT2D eigenvalue weighted by atomic mass is 35.5. The van der Waals surface area contributed by atoms with Gasteiger partial charge in [0.05, 0.1) is 7.11 Å². The van der Waals surface area contributed by atoms with Crippen LogP contribution in [-0.4, -0.2) is 7.11 Å². The Kier molecular flexibility index (Phi) is 4.63. The second kappa shape index (κ2) is 6.25. The fourth-order valence-electron chi connectivity index (χ4n) is 2.18. The highest BCUT2D eigenvalue weighted by Crippen LogP contribution is 2.28. The number of benzene rings is 2. The first kappa shape index (κ1) is 14.8. The lowest BCUT2D eigenvalue weighted by molar-refractivity contribution is 0.405. The molecule has 2 nitrogen and oxygen atoms in total. The Morgan fingerprint density at radius 2 is 2.00 bits per heavy atom. The first-order valence-corrected chi connectivity index (χ1v) is 6.73. The third-order valence-electron chi connectivity index (χ3n) is 3.24. The number of hydrogen-bond acceptors (Lipinski definition) is 2. The maximum Gasteiger partial charge on any atom is 0.127 e. The minimum absolute atomic E-state index is 0.333. The largest absolute Gasteiger partial charge is 0.496 e. The van der Waals surface area contributed by atoms with Crippen LogP contribution in [-0.2, 0) is 6.42 Å². The van der Waals surface area contributed by atoms with E-state index in [2.05, 4.69) is 0 Å². The van der Waals surface area contributed by atoms with Gasteiger partial charge in [0.25, 0.3) is 0 Å². The van der Waals surface area contributed by atoms with Crippen LogP contribution < -0.4 is 10.5 Å². The smallest absolute Gasteiger partial charge is 0.127 e. The van der Waals surface area contributed by atoms with Crippen LogP contribution in [0.5, 0.6) is 5.75 Å². The maximum absolute atomic E-state index is 13.8. The third-order valence-corrected chi connectivity index (χ3v) is 3.47. The van der Waals surface area contributed by atoms with Crippen LogP contribution in [0.4, 0.5) is 4.39 Å². The molecule has 0 spiro atoms. The number of aryl methyl sites for hydroxylation is 1. The van der Waals surface area contributed by atoms with Crippen molar-refractivity contribution < 1.29 is 9.13 Å². The molecule has 0 saturated carbocycles.